The molecule has 0 aliphatic carbocycles. The monoisotopic (exact) mass is 391 g/mol. The Balaban J connectivity index is 1.98. The summed E-state index contributed by atoms with van der Waals surface area (Å²) in [7, 11) is 0. The van der Waals surface area contributed by atoms with Gasteiger partial charge in [0.25, 0.3) is 5.91 Å². The first-order valence-electron chi connectivity index (χ1n) is 8.32. The Bertz CT molecular complexity index is 807. The molecule has 1 aliphatic rings. The molecular formula is C19H19Cl2N3O2. The molecule has 1 atom stereocenters. The van der Waals surface area contributed by atoms with E-state index in [0.717, 1.165) is 5.56 Å². The van der Waals surface area contributed by atoms with Crippen LogP contribution in [0.1, 0.15) is 31.1 Å². The van der Waals surface area contributed by atoms with E-state index in [1.165, 1.54) is 6.20 Å². The number of amides is 2. The number of hydrogen-bond donors (Lipinski definition) is 0. The second-order valence-electron chi connectivity index (χ2n) is 6.50. The van der Waals surface area contributed by atoms with E-state index >= 15 is 0 Å². The smallest absolute Gasteiger partial charge is 0.250 e. The first kappa shape index (κ1) is 18.7. The number of nitrogens with zero attached hydrogens (tertiary/aromatic N) is 3. The van der Waals surface area contributed by atoms with Crippen molar-refractivity contribution in [2.24, 2.45) is 0 Å². The van der Waals surface area contributed by atoms with Gasteiger partial charge in [0.2, 0.25) is 5.91 Å². The molecule has 7 heteroatoms. The lowest BCUT2D eigenvalue weighted by atomic mass is 9.99. The molecule has 0 bridgehead atoms. The van der Waals surface area contributed by atoms with Crippen LogP contribution in [0.4, 0.5) is 0 Å². The third-order valence-electron chi connectivity index (χ3n) is 4.38. The van der Waals surface area contributed by atoms with Gasteiger partial charge in [-0.05, 0) is 43.7 Å². The van der Waals surface area contributed by atoms with E-state index in [0.29, 0.717) is 15.7 Å². The molecule has 1 aromatic carbocycles. The third-order valence-corrected chi connectivity index (χ3v) is 4.86. The highest BCUT2D eigenvalue weighted by Crippen LogP contribution is 2.30. The maximum Gasteiger partial charge on any atom is 0.250 e. The van der Waals surface area contributed by atoms with Gasteiger partial charge in [0.05, 0.1) is 17.3 Å². The Morgan fingerprint density at radius 1 is 1.08 bits per heavy atom. The number of pyridine rings is 1. The Labute approximate surface area is 162 Å². The highest BCUT2D eigenvalue weighted by molar-refractivity contribution is 6.30. The Morgan fingerprint density at radius 2 is 1.73 bits per heavy atom. The number of rotatable bonds is 4. The fraction of sp³-hybridized carbons (Fsp3) is 0.316. The van der Waals surface area contributed by atoms with Crippen LogP contribution in [0.2, 0.25) is 10.0 Å². The van der Waals surface area contributed by atoms with Crippen LogP contribution in [0.5, 0.6) is 0 Å². The molecule has 0 saturated carbocycles. The number of piperazine rings is 1. The molecule has 1 aliphatic heterocycles. The lowest BCUT2D eigenvalue weighted by molar-refractivity contribution is -0.158. The molecule has 1 fully saturated rings. The second kappa shape index (κ2) is 7.64. The highest BCUT2D eigenvalue weighted by atomic mass is 35.5. The van der Waals surface area contributed by atoms with E-state index in [9.17, 15) is 9.59 Å². The molecule has 136 valence electrons. The second-order valence-corrected chi connectivity index (χ2v) is 7.38. The van der Waals surface area contributed by atoms with E-state index in [1.807, 2.05) is 13.8 Å². The maximum atomic E-state index is 13.1. The summed E-state index contributed by atoms with van der Waals surface area (Å²) >= 11 is 11.9. The van der Waals surface area contributed by atoms with Crippen molar-refractivity contribution in [3.63, 3.8) is 0 Å². The summed E-state index contributed by atoms with van der Waals surface area (Å²) in [5, 5.41) is 1.10. The molecule has 2 amide bonds. The number of hydrogen-bond acceptors (Lipinski definition) is 3. The van der Waals surface area contributed by atoms with Crippen LogP contribution in [0.3, 0.4) is 0 Å². The maximum absolute atomic E-state index is 13.1. The summed E-state index contributed by atoms with van der Waals surface area (Å²) in [6, 6.07) is 9.73. The topological polar surface area (TPSA) is 53.5 Å². The molecule has 3 rings (SSSR count). The van der Waals surface area contributed by atoms with Gasteiger partial charge < -0.3 is 9.80 Å². The van der Waals surface area contributed by atoms with Crippen molar-refractivity contribution in [2.45, 2.75) is 32.5 Å². The highest BCUT2D eigenvalue weighted by Gasteiger charge is 2.41. The first-order valence-corrected chi connectivity index (χ1v) is 9.08. The Morgan fingerprint density at radius 3 is 2.31 bits per heavy atom. The van der Waals surface area contributed by atoms with Crippen molar-refractivity contribution >= 4 is 35.0 Å². The molecule has 0 unspecified atom stereocenters. The molecule has 0 N–H and O–H groups in total. The Kier molecular flexibility index (Phi) is 5.49. The lowest BCUT2D eigenvalue weighted by Crippen LogP contribution is -2.57. The van der Waals surface area contributed by atoms with Gasteiger partial charge in [-0.25, -0.2) is 0 Å². The van der Waals surface area contributed by atoms with Gasteiger partial charge in [-0.3, -0.25) is 14.6 Å². The molecule has 2 aromatic rings. The van der Waals surface area contributed by atoms with Crippen LogP contribution in [0.25, 0.3) is 0 Å². The summed E-state index contributed by atoms with van der Waals surface area (Å²) < 4.78 is 0. The minimum atomic E-state index is -0.701. The predicted molar refractivity (Wildman–Crippen MR) is 101 cm³/mol. The zero-order chi connectivity index (χ0) is 18.8. The van der Waals surface area contributed by atoms with Crippen molar-refractivity contribution in [3.8, 4) is 0 Å². The van der Waals surface area contributed by atoms with Crippen molar-refractivity contribution < 1.29 is 9.59 Å². The van der Waals surface area contributed by atoms with Crippen LogP contribution in [0, 0.1) is 0 Å². The van der Waals surface area contributed by atoms with E-state index in [1.54, 1.807) is 46.2 Å². The van der Waals surface area contributed by atoms with Gasteiger partial charge in [0.1, 0.15) is 12.6 Å². The summed E-state index contributed by atoms with van der Waals surface area (Å²) in [5.74, 6) is -0.217. The van der Waals surface area contributed by atoms with Crippen LogP contribution in [-0.2, 0) is 16.1 Å². The molecule has 2 heterocycles. The van der Waals surface area contributed by atoms with Crippen LogP contribution in [0.15, 0.2) is 42.6 Å². The summed E-state index contributed by atoms with van der Waals surface area (Å²) in [5.41, 5.74) is 1.40. The molecule has 26 heavy (non-hydrogen) atoms. The minimum Gasteiger partial charge on any atom is -0.329 e. The molecular weight excluding hydrogens is 373 g/mol. The van der Waals surface area contributed by atoms with E-state index in [2.05, 4.69) is 4.98 Å². The fourth-order valence-electron chi connectivity index (χ4n) is 3.01. The van der Waals surface area contributed by atoms with E-state index in [4.69, 9.17) is 23.2 Å². The van der Waals surface area contributed by atoms with Crippen LogP contribution in [-0.4, -0.2) is 39.2 Å². The van der Waals surface area contributed by atoms with Gasteiger partial charge in [0, 0.05) is 17.3 Å². The normalized spacial score (nSPS) is 18.0. The standard InChI is InChI=1S/C19H19Cl2N3O2/c1-12(2)23-11-17(25)24(10-16-8-7-15(21)9-22-16)18(19(23)26)13-3-5-14(20)6-4-13/h3-9,12,18H,10-11H2,1-2H3/t18-/m0/s1. The largest absolute Gasteiger partial charge is 0.329 e. The van der Waals surface area contributed by atoms with Gasteiger partial charge >= 0.3 is 0 Å². The number of carbonyl (C=O) groups excluding carboxylic acids is 2. The Hall–Kier alpha value is -2.11. The van der Waals surface area contributed by atoms with Gasteiger partial charge in [-0.2, -0.15) is 0 Å². The van der Waals surface area contributed by atoms with Gasteiger partial charge in [-0.1, -0.05) is 35.3 Å². The quantitative estimate of drug-likeness (QED) is 0.797. The van der Waals surface area contributed by atoms with E-state index in [-0.39, 0.29) is 30.9 Å². The van der Waals surface area contributed by atoms with Gasteiger partial charge in [0.15, 0.2) is 0 Å². The van der Waals surface area contributed by atoms with Crippen molar-refractivity contribution in [1.82, 2.24) is 14.8 Å². The number of halogens is 2. The van der Waals surface area contributed by atoms with Crippen LogP contribution < -0.4 is 0 Å². The lowest BCUT2D eigenvalue weighted by Gasteiger charge is -2.42. The van der Waals surface area contributed by atoms with Crippen molar-refractivity contribution in [3.05, 3.63) is 63.9 Å². The summed E-state index contributed by atoms with van der Waals surface area (Å²) in [6.07, 6.45) is 1.53. The average Bonchev–Trinajstić information content (AvgIpc) is 2.61. The predicted octanol–water partition coefficient (Wildman–Crippen LogP) is 3.71. The summed E-state index contributed by atoms with van der Waals surface area (Å²) in [4.78, 5) is 33.4. The zero-order valence-corrected chi connectivity index (χ0v) is 16.0. The van der Waals surface area contributed by atoms with Crippen molar-refractivity contribution in [2.75, 3.05) is 6.54 Å². The van der Waals surface area contributed by atoms with E-state index < -0.39 is 6.04 Å². The molecule has 1 aromatic heterocycles. The zero-order valence-electron chi connectivity index (χ0n) is 14.5. The van der Waals surface area contributed by atoms with Gasteiger partial charge in [-0.15, -0.1) is 0 Å². The number of carbonyl (C=O) groups is 2. The SMILES string of the molecule is CC(C)N1CC(=O)N(Cc2ccc(Cl)cn2)[C@@H](c2ccc(Cl)cc2)C1=O. The molecule has 5 nitrogen and oxygen atoms in total. The van der Waals surface area contributed by atoms with Crippen LogP contribution >= 0.6 is 23.2 Å². The molecule has 0 spiro atoms. The summed E-state index contributed by atoms with van der Waals surface area (Å²) in [6.45, 7) is 4.11. The minimum absolute atomic E-state index is 0.0583. The fourth-order valence-corrected chi connectivity index (χ4v) is 3.25. The van der Waals surface area contributed by atoms with Crippen molar-refractivity contribution in [1.29, 1.82) is 0 Å². The average molecular weight is 392 g/mol. The number of benzene rings is 1. The first-order chi connectivity index (χ1) is 12.4. The number of aromatic nitrogens is 1. The molecule has 1 saturated heterocycles. The third kappa shape index (κ3) is 3.84. The molecule has 0 radical (unpaired) electrons.